The summed E-state index contributed by atoms with van der Waals surface area (Å²) in [6, 6.07) is 20.6. The highest BCUT2D eigenvalue weighted by Crippen LogP contribution is 2.37. The Morgan fingerprint density at radius 2 is 1.75 bits per heavy atom. The van der Waals surface area contributed by atoms with Crippen molar-refractivity contribution < 1.29 is 14.7 Å². The second kappa shape index (κ2) is 11.7. The number of nitrogens with one attached hydrogen (secondary N) is 2. The van der Waals surface area contributed by atoms with Crippen molar-refractivity contribution in [2.45, 2.75) is 50.6 Å². The lowest BCUT2D eigenvalue weighted by molar-refractivity contribution is -0.139. The summed E-state index contributed by atoms with van der Waals surface area (Å²) < 4.78 is 2.31. The van der Waals surface area contributed by atoms with E-state index in [2.05, 4.69) is 19.9 Å². The molecule has 6 aromatic rings. The highest BCUT2D eigenvalue weighted by Gasteiger charge is 2.25. The van der Waals surface area contributed by atoms with E-state index < -0.39 is 17.9 Å². The van der Waals surface area contributed by atoms with Crippen LogP contribution in [0.15, 0.2) is 85.5 Å². The normalized spacial score (nSPS) is 14.5. The van der Waals surface area contributed by atoms with Gasteiger partial charge in [-0.15, -0.1) is 0 Å². The van der Waals surface area contributed by atoms with Gasteiger partial charge >= 0.3 is 5.97 Å². The number of benzene rings is 3. The number of carbonyl (C=O) groups is 2. The fourth-order valence-electron chi connectivity index (χ4n) is 6.10. The molecule has 0 aliphatic heterocycles. The van der Waals surface area contributed by atoms with Crippen molar-refractivity contribution in [1.82, 2.24) is 34.8 Å². The number of H-pyrrole nitrogens is 1. The molecule has 1 atom stereocenters. The molecule has 1 amide bonds. The number of carboxylic acids is 1. The number of aliphatic carboxylic acids is 1. The van der Waals surface area contributed by atoms with Crippen LogP contribution in [0.5, 0.6) is 0 Å². The van der Waals surface area contributed by atoms with Gasteiger partial charge in [-0.1, -0.05) is 49.6 Å². The highest BCUT2D eigenvalue weighted by atomic mass is 16.4. The monoisotopic (exact) mass is 585 g/mol. The maximum Gasteiger partial charge on any atom is 0.326 e. The molecule has 0 bridgehead atoms. The predicted octanol–water partition coefficient (Wildman–Crippen LogP) is 5.97. The number of carboxylic acid groups (broad SMARTS) is 1. The lowest BCUT2D eigenvalue weighted by atomic mass is 9.94. The van der Waals surface area contributed by atoms with Crippen molar-refractivity contribution in [3.63, 3.8) is 0 Å². The molecular weight excluding hydrogens is 554 g/mol. The van der Waals surface area contributed by atoms with Crippen LogP contribution < -0.4 is 5.32 Å². The van der Waals surface area contributed by atoms with Crippen LogP contribution in [0.2, 0.25) is 0 Å². The minimum absolute atomic E-state index is 0.0744. The maximum absolute atomic E-state index is 13.2. The van der Waals surface area contributed by atoms with Crippen LogP contribution in [-0.2, 0) is 11.2 Å². The van der Waals surface area contributed by atoms with Crippen LogP contribution in [0.3, 0.4) is 0 Å². The molecular formula is C34H31N7O3. The first kappa shape index (κ1) is 27.5. The number of fused-ring (bicyclic) bond motifs is 2. The minimum Gasteiger partial charge on any atom is -0.480 e. The highest BCUT2D eigenvalue weighted by molar-refractivity contribution is 5.99. The number of aromatic nitrogens is 6. The number of amides is 1. The first-order valence-corrected chi connectivity index (χ1v) is 14.9. The van der Waals surface area contributed by atoms with E-state index in [-0.39, 0.29) is 12.5 Å². The lowest BCUT2D eigenvalue weighted by Gasteiger charge is -2.25. The fourth-order valence-corrected chi connectivity index (χ4v) is 6.10. The Labute approximate surface area is 253 Å². The van der Waals surface area contributed by atoms with Gasteiger partial charge in [0.25, 0.3) is 5.91 Å². The van der Waals surface area contributed by atoms with Crippen LogP contribution in [-0.4, -0.2) is 52.5 Å². The number of imidazole rings is 2. The van der Waals surface area contributed by atoms with Gasteiger partial charge in [-0.2, -0.15) is 0 Å². The molecule has 10 nitrogen and oxygen atoms in total. The average Bonchev–Trinajstić information content (AvgIpc) is 3.72. The van der Waals surface area contributed by atoms with E-state index in [1.165, 1.54) is 12.7 Å². The zero-order valence-corrected chi connectivity index (χ0v) is 24.0. The summed E-state index contributed by atoms with van der Waals surface area (Å²) in [6.07, 6.45) is 10.6. The Kier molecular flexibility index (Phi) is 7.31. The molecule has 44 heavy (non-hydrogen) atoms. The average molecular weight is 586 g/mol. The van der Waals surface area contributed by atoms with Gasteiger partial charge in [-0.3, -0.25) is 9.78 Å². The maximum atomic E-state index is 13.2. The molecule has 1 aliphatic rings. The van der Waals surface area contributed by atoms with Crippen molar-refractivity contribution in [2.24, 2.45) is 0 Å². The summed E-state index contributed by atoms with van der Waals surface area (Å²) in [5.74, 6) is -0.775. The van der Waals surface area contributed by atoms with E-state index in [9.17, 15) is 14.7 Å². The Morgan fingerprint density at radius 3 is 2.52 bits per heavy atom. The van der Waals surface area contributed by atoms with E-state index >= 15 is 0 Å². The minimum atomic E-state index is -1.12. The Hall–Kier alpha value is -5.38. The Balaban J connectivity index is 1.24. The summed E-state index contributed by atoms with van der Waals surface area (Å²) in [6.45, 7) is 0. The van der Waals surface area contributed by atoms with Gasteiger partial charge in [0.15, 0.2) is 0 Å². The van der Waals surface area contributed by atoms with Gasteiger partial charge in [0.1, 0.15) is 11.9 Å². The van der Waals surface area contributed by atoms with Gasteiger partial charge in [0, 0.05) is 35.3 Å². The largest absolute Gasteiger partial charge is 0.480 e. The smallest absolute Gasteiger partial charge is 0.326 e. The molecule has 1 saturated carbocycles. The molecule has 3 N–H and O–H groups in total. The molecule has 220 valence electrons. The zero-order valence-electron chi connectivity index (χ0n) is 24.0. The third-order valence-corrected chi connectivity index (χ3v) is 8.33. The van der Waals surface area contributed by atoms with Crippen LogP contribution in [0.25, 0.3) is 44.7 Å². The molecule has 1 unspecified atom stereocenters. The molecule has 10 heteroatoms. The van der Waals surface area contributed by atoms with Crippen molar-refractivity contribution in [3.05, 3.63) is 96.7 Å². The summed E-state index contributed by atoms with van der Waals surface area (Å²) in [5, 5.41) is 12.4. The van der Waals surface area contributed by atoms with E-state index in [4.69, 9.17) is 15.0 Å². The second-order valence-corrected chi connectivity index (χ2v) is 11.3. The number of rotatable bonds is 8. The van der Waals surface area contributed by atoms with Crippen molar-refractivity contribution in [2.75, 3.05) is 0 Å². The summed E-state index contributed by atoms with van der Waals surface area (Å²) in [5.41, 5.74) is 6.88. The predicted molar refractivity (Wildman–Crippen MR) is 167 cm³/mol. The number of nitrogens with zero attached hydrogens (tertiary/aromatic N) is 5. The van der Waals surface area contributed by atoms with Crippen molar-refractivity contribution >= 4 is 33.9 Å². The third-order valence-electron chi connectivity index (χ3n) is 8.33. The molecule has 1 fully saturated rings. The first-order valence-electron chi connectivity index (χ1n) is 14.9. The third kappa shape index (κ3) is 5.42. The molecule has 0 saturated heterocycles. The van der Waals surface area contributed by atoms with Crippen LogP contribution >= 0.6 is 0 Å². The van der Waals surface area contributed by atoms with E-state index in [1.807, 2.05) is 54.6 Å². The van der Waals surface area contributed by atoms with Crippen molar-refractivity contribution in [1.29, 1.82) is 0 Å². The summed E-state index contributed by atoms with van der Waals surface area (Å²) in [4.78, 5) is 46.6. The summed E-state index contributed by atoms with van der Waals surface area (Å²) in [7, 11) is 0. The van der Waals surface area contributed by atoms with Gasteiger partial charge in [-0.25, -0.2) is 19.7 Å². The van der Waals surface area contributed by atoms with Crippen LogP contribution in [0, 0.1) is 0 Å². The summed E-state index contributed by atoms with van der Waals surface area (Å²) >= 11 is 0. The number of hydrogen-bond acceptors (Lipinski definition) is 6. The molecule has 1 aliphatic carbocycles. The van der Waals surface area contributed by atoms with Crippen molar-refractivity contribution in [3.8, 4) is 22.6 Å². The molecule has 0 spiro atoms. The van der Waals surface area contributed by atoms with E-state index in [1.54, 1.807) is 24.5 Å². The second-order valence-electron chi connectivity index (χ2n) is 11.3. The zero-order chi connectivity index (χ0) is 30.0. The topological polar surface area (TPSA) is 139 Å². The number of hydrogen-bond donors (Lipinski definition) is 3. The van der Waals surface area contributed by atoms with Gasteiger partial charge in [-0.05, 0) is 49.2 Å². The standard InChI is InChI=1S/C34H31N7O3/c42-33(40-29(34(43)44)17-24-18-35-20-37-24)23-12-14-31-28(16-23)39-32(41(31)25-9-5-2-6-10-25)22-11-13-26-27(15-22)36-19-30(38-26)21-7-3-1-4-8-21/h1,3-4,7-8,11-16,18-20,25,29H,2,5-6,9-10,17H2,(H,35,37)(H,40,42)(H,43,44). The van der Waals surface area contributed by atoms with E-state index in [0.717, 1.165) is 64.9 Å². The SMILES string of the molecule is O=C(NC(Cc1c[nH]cn1)C(=O)O)c1ccc2c(c1)nc(-c1ccc3nc(-c4ccccc4)cnc3c1)n2C1CCCCC1. The molecule has 7 rings (SSSR count). The van der Waals surface area contributed by atoms with Crippen LogP contribution in [0.1, 0.15) is 54.2 Å². The van der Waals surface area contributed by atoms with Gasteiger partial charge in [0.05, 0.1) is 46.0 Å². The van der Waals surface area contributed by atoms with Gasteiger partial charge in [0.2, 0.25) is 0 Å². The number of carbonyl (C=O) groups excluding carboxylic acids is 1. The number of aromatic amines is 1. The van der Waals surface area contributed by atoms with E-state index in [0.29, 0.717) is 16.8 Å². The Bertz CT molecular complexity index is 1960. The Morgan fingerprint density at radius 1 is 0.909 bits per heavy atom. The molecule has 3 aromatic heterocycles. The fraction of sp³-hybridized carbons (Fsp3) is 0.235. The molecule has 3 heterocycles. The first-order chi connectivity index (χ1) is 21.5. The molecule has 0 radical (unpaired) electrons. The van der Waals surface area contributed by atoms with Gasteiger partial charge < -0.3 is 20.0 Å². The lowest BCUT2D eigenvalue weighted by Crippen LogP contribution is -2.42. The van der Waals surface area contributed by atoms with Crippen LogP contribution in [0.4, 0.5) is 0 Å². The molecule has 3 aromatic carbocycles. The quantitative estimate of drug-likeness (QED) is 0.200.